The Morgan fingerprint density at radius 3 is 2.84 bits per heavy atom. The number of ether oxygens (including phenoxy) is 1. The van der Waals surface area contributed by atoms with Crippen molar-refractivity contribution in [2.45, 2.75) is 24.3 Å². The fourth-order valence-corrected chi connectivity index (χ4v) is 4.33. The van der Waals surface area contributed by atoms with Crippen LogP contribution in [0.1, 0.15) is 17.7 Å². The summed E-state index contributed by atoms with van der Waals surface area (Å²) in [4.78, 5) is 3.82. The second-order valence-corrected chi connectivity index (χ2v) is 7.66. The van der Waals surface area contributed by atoms with Gasteiger partial charge in [-0.1, -0.05) is 6.07 Å². The number of halogens is 1. The minimum Gasteiger partial charge on any atom is -0.487 e. The van der Waals surface area contributed by atoms with Crippen molar-refractivity contribution in [2.24, 2.45) is 0 Å². The lowest BCUT2D eigenvalue weighted by atomic mass is 10.2. The number of sulfonamides is 1. The van der Waals surface area contributed by atoms with E-state index in [1.807, 2.05) is 13.0 Å². The molecular weight excluding hydrogens is 345 g/mol. The van der Waals surface area contributed by atoms with Crippen LogP contribution < -0.4 is 4.74 Å². The Morgan fingerprint density at radius 2 is 2.16 bits per heavy atom. The molecule has 1 aromatic heterocycles. The third-order valence-corrected chi connectivity index (χ3v) is 5.91. The van der Waals surface area contributed by atoms with Crippen LogP contribution in [0.5, 0.6) is 5.75 Å². The van der Waals surface area contributed by atoms with Crippen LogP contribution in [-0.4, -0.2) is 36.9 Å². The Bertz CT molecular complexity index is 923. The van der Waals surface area contributed by atoms with Crippen molar-refractivity contribution in [1.29, 1.82) is 5.26 Å². The van der Waals surface area contributed by atoms with Gasteiger partial charge >= 0.3 is 0 Å². The Kier molecular flexibility index (Phi) is 4.70. The molecule has 0 unspecified atom stereocenters. The summed E-state index contributed by atoms with van der Waals surface area (Å²) < 4.78 is 46.2. The molecule has 0 saturated carbocycles. The monoisotopic (exact) mass is 361 g/mol. The van der Waals surface area contributed by atoms with Crippen LogP contribution in [-0.2, 0) is 10.0 Å². The van der Waals surface area contributed by atoms with E-state index >= 15 is 0 Å². The first-order valence-corrected chi connectivity index (χ1v) is 9.14. The summed E-state index contributed by atoms with van der Waals surface area (Å²) in [6, 6.07) is 8.81. The zero-order valence-corrected chi connectivity index (χ0v) is 14.3. The van der Waals surface area contributed by atoms with Crippen LogP contribution in [0.25, 0.3) is 0 Å². The first kappa shape index (κ1) is 17.3. The normalized spacial score (nSPS) is 18.0. The van der Waals surface area contributed by atoms with Gasteiger partial charge in [-0.05, 0) is 37.6 Å². The Balaban J connectivity index is 1.78. The van der Waals surface area contributed by atoms with Crippen molar-refractivity contribution in [3.8, 4) is 11.8 Å². The molecule has 2 heterocycles. The fourth-order valence-electron chi connectivity index (χ4n) is 2.70. The first-order chi connectivity index (χ1) is 11.9. The van der Waals surface area contributed by atoms with Gasteiger partial charge in [0.1, 0.15) is 34.2 Å². The van der Waals surface area contributed by atoms with E-state index in [0.717, 1.165) is 11.8 Å². The largest absolute Gasteiger partial charge is 0.487 e. The number of hydrogen-bond donors (Lipinski definition) is 0. The second-order valence-electron chi connectivity index (χ2n) is 5.75. The van der Waals surface area contributed by atoms with Crippen molar-refractivity contribution < 1.29 is 17.5 Å². The Hall–Kier alpha value is -2.50. The van der Waals surface area contributed by atoms with Crippen molar-refractivity contribution >= 4 is 10.0 Å². The predicted octanol–water partition coefficient (Wildman–Crippen LogP) is 2.24. The number of nitriles is 1. The van der Waals surface area contributed by atoms with E-state index in [4.69, 9.17) is 10.00 Å². The average molecular weight is 361 g/mol. The van der Waals surface area contributed by atoms with Gasteiger partial charge in [0, 0.05) is 12.2 Å². The van der Waals surface area contributed by atoms with Crippen LogP contribution in [0.15, 0.2) is 41.4 Å². The molecule has 130 valence electrons. The van der Waals surface area contributed by atoms with E-state index in [9.17, 15) is 12.8 Å². The molecule has 1 saturated heterocycles. The zero-order valence-electron chi connectivity index (χ0n) is 13.5. The number of rotatable bonds is 4. The highest BCUT2D eigenvalue weighted by Gasteiger charge is 2.35. The lowest BCUT2D eigenvalue weighted by molar-refractivity contribution is 0.214. The molecule has 0 radical (unpaired) electrons. The van der Waals surface area contributed by atoms with Crippen LogP contribution in [0, 0.1) is 24.1 Å². The highest BCUT2D eigenvalue weighted by molar-refractivity contribution is 7.89. The van der Waals surface area contributed by atoms with Crippen molar-refractivity contribution in [3.63, 3.8) is 0 Å². The first-order valence-electron chi connectivity index (χ1n) is 7.70. The minimum absolute atomic E-state index is 0.136. The van der Waals surface area contributed by atoms with E-state index in [2.05, 4.69) is 4.98 Å². The van der Waals surface area contributed by atoms with Gasteiger partial charge in [0.2, 0.25) is 10.0 Å². The SMILES string of the molecule is Cc1ccc(O[C@H]2CCN(S(=O)(=O)c3cccc(F)c3C#N)C2)cn1. The molecule has 6 nitrogen and oxygen atoms in total. The van der Waals surface area contributed by atoms with Gasteiger partial charge in [0.15, 0.2) is 0 Å². The number of aryl methyl sites for hydroxylation is 1. The summed E-state index contributed by atoms with van der Waals surface area (Å²) >= 11 is 0. The average Bonchev–Trinajstić information content (AvgIpc) is 3.06. The zero-order chi connectivity index (χ0) is 18.0. The highest BCUT2D eigenvalue weighted by atomic mass is 32.2. The van der Waals surface area contributed by atoms with Crippen LogP contribution in [0.3, 0.4) is 0 Å². The number of pyridine rings is 1. The molecule has 1 aliphatic rings. The molecule has 0 amide bonds. The molecule has 25 heavy (non-hydrogen) atoms. The summed E-state index contributed by atoms with van der Waals surface area (Å²) in [5.41, 5.74) is 0.396. The summed E-state index contributed by atoms with van der Waals surface area (Å²) in [5.74, 6) is -0.278. The summed E-state index contributed by atoms with van der Waals surface area (Å²) in [7, 11) is -3.96. The standard InChI is InChI=1S/C17H16FN3O3S/c1-12-5-6-13(10-20-12)24-14-7-8-21(11-14)25(22,23)17-4-2-3-16(18)15(17)9-19/h2-6,10,14H,7-8,11H2,1H3/t14-/m0/s1. The van der Waals surface area contributed by atoms with E-state index in [1.54, 1.807) is 18.3 Å². The summed E-state index contributed by atoms with van der Waals surface area (Å²) in [5, 5.41) is 9.07. The number of aromatic nitrogens is 1. The fraction of sp³-hybridized carbons (Fsp3) is 0.294. The Labute approximate surface area is 145 Å². The van der Waals surface area contributed by atoms with Gasteiger partial charge in [0.25, 0.3) is 0 Å². The third-order valence-electron chi connectivity index (χ3n) is 4.00. The lowest BCUT2D eigenvalue weighted by Crippen LogP contribution is -2.31. The minimum atomic E-state index is -3.96. The van der Waals surface area contributed by atoms with Crippen molar-refractivity contribution in [1.82, 2.24) is 9.29 Å². The van der Waals surface area contributed by atoms with Crippen LogP contribution in [0.2, 0.25) is 0 Å². The maximum Gasteiger partial charge on any atom is 0.244 e. The van der Waals surface area contributed by atoms with Gasteiger partial charge in [-0.3, -0.25) is 4.98 Å². The molecule has 8 heteroatoms. The molecular formula is C17H16FN3O3S. The third kappa shape index (κ3) is 3.48. The second kappa shape index (κ2) is 6.78. The Morgan fingerprint density at radius 1 is 1.36 bits per heavy atom. The molecule has 3 rings (SSSR count). The van der Waals surface area contributed by atoms with Gasteiger partial charge in [-0.15, -0.1) is 0 Å². The topological polar surface area (TPSA) is 83.3 Å². The number of benzene rings is 1. The quantitative estimate of drug-likeness (QED) is 0.834. The van der Waals surface area contributed by atoms with Crippen LogP contribution >= 0.6 is 0 Å². The van der Waals surface area contributed by atoms with Gasteiger partial charge < -0.3 is 4.74 Å². The molecule has 1 atom stereocenters. The summed E-state index contributed by atoms with van der Waals surface area (Å²) in [6.45, 7) is 2.24. The molecule has 1 aliphatic heterocycles. The molecule has 1 aromatic carbocycles. The number of nitrogens with zero attached hydrogens (tertiary/aromatic N) is 3. The van der Waals surface area contributed by atoms with Crippen LogP contribution in [0.4, 0.5) is 4.39 Å². The van der Waals surface area contributed by atoms with E-state index in [-0.39, 0.29) is 24.1 Å². The molecule has 1 fully saturated rings. The maximum atomic E-state index is 13.7. The lowest BCUT2D eigenvalue weighted by Gasteiger charge is -2.18. The maximum absolute atomic E-state index is 13.7. The molecule has 0 aliphatic carbocycles. The van der Waals surface area contributed by atoms with E-state index < -0.39 is 21.4 Å². The number of hydrogen-bond acceptors (Lipinski definition) is 5. The van der Waals surface area contributed by atoms with Crippen molar-refractivity contribution in [3.05, 3.63) is 53.6 Å². The highest BCUT2D eigenvalue weighted by Crippen LogP contribution is 2.26. The van der Waals surface area contributed by atoms with Gasteiger partial charge in [0.05, 0.1) is 12.7 Å². The molecule has 0 spiro atoms. The molecule has 0 bridgehead atoms. The van der Waals surface area contributed by atoms with Gasteiger partial charge in [-0.25, -0.2) is 12.8 Å². The predicted molar refractivity (Wildman–Crippen MR) is 87.9 cm³/mol. The van der Waals surface area contributed by atoms with Gasteiger partial charge in [-0.2, -0.15) is 9.57 Å². The van der Waals surface area contributed by atoms with E-state index in [0.29, 0.717) is 12.2 Å². The smallest absolute Gasteiger partial charge is 0.244 e. The van der Waals surface area contributed by atoms with Crippen molar-refractivity contribution in [2.75, 3.05) is 13.1 Å². The summed E-state index contributed by atoms with van der Waals surface area (Å²) in [6.07, 6.45) is 1.77. The van der Waals surface area contributed by atoms with E-state index in [1.165, 1.54) is 16.4 Å². The molecule has 2 aromatic rings. The molecule has 0 N–H and O–H groups in total.